The summed E-state index contributed by atoms with van der Waals surface area (Å²) >= 11 is 0. The van der Waals surface area contributed by atoms with Crippen molar-refractivity contribution in [1.82, 2.24) is 29.6 Å². The normalized spacial score (nSPS) is 21.1. The summed E-state index contributed by atoms with van der Waals surface area (Å²) in [7, 11) is 1.70. The number of nitrogens with one attached hydrogen (secondary N) is 1. The molecule has 2 aromatic heterocycles. The standard InChI is InChI=1S/C26H29F2N7O2/c1-25(28)11-35(12-25)10-19-9-20(32-22(30-19)16-6-7-16)24(36)31-18-5-3-4-17(8-18)26(13-37-14-26)21(27)23-33-29-15-34(23)2/h3-5,8-9,15-16,21H,6-7,10-14H2,1-2H3,(H,31,36)/t21-/m0/s1. The first-order valence-electron chi connectivity index (χ1n) is 12.5. The second kappa shape index (κ2) is 8.91. The van der Waals surface area contributed by atoms with E-state index < -0.39 is 17.3 Å². The van der Waals surface area contributed by atoms with Crippen molar-refractivity contribution in [2.24, 2.45) is 7.05 Å². The minimum absolute atomic E-state index is 0.201. The molecule has 0 bridgehead atoms. The number of amides is 1. The van der Waals surface area contributed by atoms with Crippen LogP contribution in [0, 0.1) is 0 Å². The van der Waals surface area contributed by atoms with Gasteiger partial charge in [0.05, 0.1) is 24.3 Å². The number of ether oxygens (including phenoxy) is 1. The Labute approximate surface area is 213 Å². The molecule has 11 heteroatoms. The van der Waals surface area contributed by atoms with Gasteiger partial charge in [0.1, 0.15) is 23.5 Å². The van der Waals surface area contributed by atoms with Crippen molar-refractivity contribution in [3.05, 3.63) is 65.3 Å². The Balaban J connectivity index is 1.22. The fourth-order valence-electron chi connectivity index (χ4n) is 5.12. The van der Waals surface area contributed by atoms with Crippen LogP contribution in [0.4, 0.5) is 14.5 Å². The summed E-state index contributed by atoms with van der Waals surface area (Å²) in [4.78, 5) is 24.4. The molecule has 3 fully saturated rings. The Morgan fingerprint density at radius 3 is 2.65 bits per heavy atom. The first kappa shape index (κ1) is 24.1. The van der Waals surface area contributed by atoms with E-state index in [2.05, 4.69) is 25.5 Å². The third-order valence-electron chi connectivity index (χ3n) is 7.34. The van der Waals surface area contributed by atoms with Crippen LogP contribution < -0.4 is 5.32 Å². The number of anilines is 1. The van der Waals surface area contributed by atoms with Gasteiger partial charge in [0.25, 0.3) is 5.91 Å². The number of halogens is 2. The average molecular weight is 510 g/mol. The molecule has 0 spiro atoms. The minimum atomic E-state index is -1.42. The predicted octanol–water partition coefficient (Wildman–Crippen LogP) is 3.26. The molecule has 4 heterocycles. The monoisotopic (exact) mass is 509 g/mol. The lowest BCUT2D eigenvalue weighted by Crippen LogP contribution is -2.56. The number of hydrogen-bond donors (Lipinski definition) is 1. The molecule has 37 heavy (non-hydrogen) atoms. The Hall–Kier alpha value is -3.31. The summed E-state index contributed by atoms with van der Waals surface area (Å²) in [6.45, 7) is 3.16. The first-order valence-corrected chi connectivity index (χ1v) is 12.5. The molecule has 3 aliphatic rings. The summed E-state index contributed by atoms with van der Waals surface area (Å²) in [5.41, 5.74) is 0.131. The molecule has 0 radical (unpaired) electrons. The molecule has 194 valence electrons. The number of hydrogen-bond acceptors (Lipinski definition) is 7. The van der Waals surface area contributed by atoms with E-state index in [1.165, 1.54) is 6.33 Å². The van der Waals surface area contributed by atoms with Crippen LogP contribution in [-0.2, 0) is 23.7 Å². The van der Waals surface area contributed by atoms with Crippen LogP contribution in [0.5, 0.6) is 0 Å². The number of rotatable bonds is 8. The maximum atomic E-state index is 15.7. The molecule has 9 nitrogen and oxygen atoms in total. The first-order chi connectivity index (χ1) is 17.7. The van der Waals surface area contributed by atoms with Gasteiger partial charge in [-0.2, -0.15) is 0 Å². The molecular weight excluding hydrogens is 480 g/mol. The second-order valence-corrected chi connectivity index (χ2v) is 10.8. The molecule has 1 saturated carbocycles. The molecule has 1 amide bonds. The number of carbonyl (C=O) groups is 1. The van der Waals surface area contributed by atoms with Gasteiger partial charge >= 0.3 is 0 Å². The topological polar surface area (TPSA) is 98.1 Å². The highest BCUT2D eigenvalue weighted by Gasteiger charge is 2.50. The van der Waals surface area contributed by atoms with Crippen molar-refractivity contribution in [1.29, 1.82) is 0 Å². The highest BCUT2D eigenvalue weighted by molar-refractivity contribution is 6.03. The maximum Gasteiger partial charge on any atom is 0.274 e. The molecule has 1 N–H and O–H groups in total. The van der Waals surface area contributed by atoms with Gasteiger partial charge < -0.3 is 14.6 Å². The van der Waals surface area contributed by atoms with Crippen molar-refractivity contribution in [2.45, 2.75) is 49.5 Å². The highest BCUT2D eigenvalue weighted by Crippen LogP contribution is 2.45. The zero-order chi connectivity index (χ0) is 25.8. The lowest BCUT2D eigenvalue weighted by Gasteiger charge is -2.43. The molecule has 1 aromatic carbocycles. The van der Waals surface area contributed by atoms with E-state index >= 15 is 4.39 Å². The number of likely N-dealkylation sites (tertiary alicyclic amines) is 1. The maximum absolute atomic E-state index is 15.7. The SMILES string of the molecule is Cn1cnnc1[C@H](F)C1(c2cccc(NC(=O)c3cc(CN4CC(C)(F)C4)nc(C4CC4)n3)c2)COC1. The van der Waals surface area contributed by atoms with Gasteiger partial charge in [0.15, 0.2) is 12.0 Å². The van der Waals surface area contributed by atoms with Crippen molar-refractivity contribution in [3.8, 4) is 0 Å². The van der Waals surface area contributed by atoms with Gasteiger partial charge in [-0.3, -0.25) is 9.69 Å². The van der Waals surface area contributed by atoms with Gasteiger partial charge in [0, 0.05) is 38.3 Å². The third-order valence-corrected chi connectivity index (χ3v) is 7.34. The Morgan fingerprint density at radius 1 is 1.24 bits per heavy atom. The molecule has 3 aromatic rings. The van der Waals surface area contributed by atoms with E-state index in [4.69, 9.17) is 4.74 Å². The lowest BCUT2D eigenvalue weighted by molar-refractivity contribution is -0.102. The third kappa shape index (κ3) is 4.61. The van der Waals surface area contributed by atoms with E-state index in [0.29, 0.717) is 42.4 Å². The number of aryl methyl sites for hydroxylation is 1. The molecule has 0 unspecified atom stereocenters. The van der Waals surface area contributed by atoms with Crippen LogP contribution in [0.25, 0.3) is 0 Å². The van der Waals surface area contributed by atoms with E-state index in [-0.39, 0.29) is 36.6 Å². The summed E-state index contributed by atoms with van der Waals surface area (Å²) in [5, 5.41) is 10.7. The summed E-state index contributed by atoms with van der Waals surface area (Å²) in [5.74, 6) is 0.785. The van der Waals surface area contributed by atoms with Crippen LogP contribution in [0.1, 0.15) is 65.2 Å². The van der Waals surface area contributed by atoms with E-state index in [1.54, 1.807) is 42.8 Å². The lowest BCUT2D eigenvalue weighted by atomic mass is 9.74. The van der Waals surface area contributed by atoms with E-state index in [0.717, 1.165) is 12.8 Å². The average Bonchev–Trinajstić information content (AvgIpc) is 3.58. The highest BCUT2D eigenvalue weighted by atomic mass is 19.1. The van der Waals surface area contributed by atoms with Gasteiger partial charge in [-0.1, -0.05) is 12.1 Å². The molecule has 6 rings (SSSR count). The fourth-order valence-corrected chi connectivity index (χ4v) is 5.12. The Kier molecular flexibility index (Phi) is 5.79. The summed E-state index contributed by atoms with van der Waals surface area (Å²) < 4.78 is 36.6. The fraction of sp³-hybridized carbons (Fsp3) is 0.500. The smallest absolute Gasteiger partial charge is 0.274 e. The zero-order valence-corrected chi connectivity index (χ0v) is 20.8. The minimum Gasteiger partial charge on any atom is -0.379 e. The molecule has 2 saturated heterocycles. The van der Waals surface area contributed by atoms with Crippen LogP contribution in [-0.4, -0.2) is 67.5 Å². The van der Waals surface area contributed by atoms with Crippen molar-refractivity contribution in [2.75, 3.05) is 31.6 Å². The quantitative estimate of drug-likeness (QED) is 0.498. The zero-order valence-electron chi connectivity index (χ0n) is 20.8. The largest absolute Gasteiger partial charge is 0.379 e. The molecule has 1 aliphatic carbocycles. The number of alkyl halides is 2. The summed E-state index contributed by atoms with van der Waals surface area (Å²) in [6.07, 6.45) is 2.05. The van der Waals surface area contributed by atoms with Gasteiger partial charge in [-0.25, -0.2) is 18.7 Å². The number of benzene rings is 1. The Bertz CT molecular complexity index is 1330. The second-order valence-electron chi connectivity index (χ2n) is 10.8. The van der Waals surface area contributed by atoms with Crippen LogP contribution >= 0.6 is 0 Å². The molecule has 1 atom stereocenters. The summed E-state index contributed by atoms with van der Waals surface area (Å²) in [6, 6.07) is 8.83. The van der Waals surface area contributed by atoms with Crippen molar-refractivity contribution in [3.63, 3.8) is 0 Å². The van der Waals surface area contributed by atoms with E-state index in [1.807, 2.05) is 11.0 Å². The number of carbonyl (C=O) groups excluding carboxylic acids is 1. The van der Waals surface area contributed by atoms with Gasteiger partial charge in [-0.15, -0.1) is 10.2 Å². The Morgan fingerprint density at radius 2 is 2.03 bits per heavy atom. The molecular formula is C26H29F2N7O2. The predicted molar refractivity (Wildman–Crippen MR) is 131 cm³/mol. The van der Waals surface area contributed by atoms with Crippen LogP contribution in [0.2, 0.25) is 0 Å². The van der Waals surface area contributed by atoms with Gasteiger partial charge in [0.2, 0.25) is 0 Å². The number of nitrogens with zero attached hydrogens (tertiary/aromatic N) is 6. The van der Waals surface area contributed by atoms with Crippen molar-refractivity contribution >= 4 is 11.6 Å². The number of aromatic nitrogens is 5. The van der Waals surface area contributed by atoms with Crippen molar-refractivity contribution < 1.29 is 18.3 Å². The van der Waals surface area contributed by atoms with Gasteiger partial charge in [-0.05, 0) is 43.5 Å². The van der Waals surface area contributed by atoms with E-state index in [9.17, 15) is 9.18 Å². The molecule has 2 aliphatic heterocycles. The van der Waals surface area contributed by atoms with Crippen LogP contribution in [0.3, 0.4) is 0 Å². The van der Waals surface area contributed by atoms with Crippen LogP contribution in [0.15, 0.2) is 36.7 Å².